The molecule has 5 nitrogen and oxygen atoms in total. The lowest BCUT2D eigenvalue weighted by atomic mass is 10.3. The summed E-state index contributed by atoms with van der Waals surface area (Å²) in [6, 6.07) is 1.72. The normalized spacial score (nSPS) is 10.9. The highest BCUT2D eigenvalue weighted by Crippen LogP contribution is 2.10. The number of amides is 1. The van der Waals surface area contributed by atoms with Crippen LogP contribution in [0, 0.1) is 0 Å². The molecular weight excluding hydrogens is 228 g/mol. The maximum Gasteiger partial charge on any atom is 0.267 e. The van der Waals surface area contributed by atoms with Crippen LogP contribution in [0.3, 0.4) is 0 Å². The third-order valence-electron chi connectivity index (χ3n) is 2.81. The zero-order valence-corrected chi connectivity index (χ0v) is 11.6. The van der Waals surface area contributed by atoms with Crippen molar-refractivity contribution in [2.45, 2.75) is 26.3 Å². The van der Waals surface area contributed by atoms with Gasteiger partial charge in [-0.25, -0.2) is 0 Å². The second kappa shape index (κ2) is 7.06. The molecule has 1 aromatic rings. The molecule has 18 heavy (non-hydrogen) atoms. The first kappa shape index (κ1) is 14.6. The van der Waals surface area contributed by atoms with Gasteiger partial charge in [0.2, 0.25) is 0 Å². The summed E-state index contributed by atoms with van der Waals surface area (Å²) in [7, 11) is 4.10. The molecule has 1 heterocycles. The van der Waals surface area contributed by atoms with Crippen LogP contribution in [0.1, 0.15) is 30.3 Å². The van der Waals surface area contributed by atoms with Gasteiger partial charge in [0.25, 0.3) is 5.91 Å². The Hall–Kier alpha value is -1.49. The van der Waals surface area contributed by atoms with Crippen molar-refractivity contribution in [2.75, 3.05) is 32.9 Å². The third-order valence-corrected chi connectivity index (χ3v) is 2.81. The molecule has 1 aromatic heterocycles. The lowest BCUT2D eigenvalue weighted by Crippen LogP contribution is -2.27. The third kappa shape index (κ3) is 4.41. The molecule has 5 heteroatoms. The highest BCUT2D eigenvalue weighted by molar-refractivity contribution is 5.93. The van der Waals surface area contributed by atoms with E-state index in [4.69, 9.17) is 5.73 Å². The van der Waals surface area contributed by atoms with E-state index in [9.17, 15) is 4.79 Å². The summed E-state index contributed by atoms with van der Waals surface area (Å²) >= 11 is 0. The van der Waals surface area contributed by atoms with E-state index in [-0.39, 0.29) is 5.91 Å². The summed E-state index contributed by atoms with van der Waals surface area (Å²) < 4.78 is 1.87. The fourth-order valence-corrected chi connectivity index (χ4v) is 1.83. The second-order valence-electron chi connectivity index (χ2n) is 4.71. The number of nitrogen functional groups attached to an aromatic ring is 1. The van der Waals surface area contributed by atoms with Crippen molar-refractivity contribution in [1.29, 1.82) is 0 Å². The van der Waals surface area contributed by atoms with E-state index >= 15 is 0 Å². The Labute approximate surface area is 109 Å². The minimum atomic E-state index is -0.0431. The first-order valence-electron chi connectivity index (χ1n) is 6.43. The van der Waals surface area contributed by atoms with Crippen molar-refractivity contribution >= 4 is 11.6 Å². The van der Waals surface area contributed by atoms with Gasteiger partial charge in [-0.15, -0.1) is 0 Å². The highest BCUT2D eigenvalue weighted by Gasteiger charge is 2.11. The Morgan fingerprint density at radius 1 is 1.44 bits per heavy atom. The van der Waals surface area contributed by atoms with E-state index in [2.05, 4.69) is 24.3 Å². The maximum absolute atomic E-state index is 11.9. The Bertz CT molecular complexity index is 384. The van der Waals surface area contributed by atoms with Gasteiger partial charge in [-0.3, -0.25) is 4.79 Å². The number of carbonyl (C=O) groups excluding carboxylic acids is 1. The highest BCUT2D eigenvalue weighted by atomic mass is 16.1. The number of nitrogens with one attached hydrogen (secondary N) is 1. The van der Waals surface area contributed by atoms with Crippen molar-refractivity contribution in [3.05, 3.63) is 18.0 Å². The predicted octanol–water partition coefficient (Wildman–Crippen LogP) is 1.16. The monoisotopic (exact) mass is 252 g/mol. The van der Waals surface area contributed by atoms with Gasteiger partial charge in [-0.05, 0) is 46.5 Å². The molecule has 1 rings (SSSR count). The van der Waals surface area contributed by atoms with Crippen molar-refractivity contribution < 1.29 is 4.79 Å². The topological polar surface area (TPSA) is 63.3 Å². The molecule has 0 fully saturated rings. The van der Waals surface area contributed by atoms with E-state index in [1.165, 1.54) is 0 Å². The number of hydrogen-bond acceptors (Lipinski definition) is 3. The molecule has 0 aliphatic heterocycles. The van der Waals surface area contributed by atoms with Crippen LogP contribution in [0.5, 0.6) is 0 Å². The number of nitrogens with zero attached hydrogens (tertiary/aromatic N) is 2. The molecule has 0 spiro atoms. The fraction of sp³-hybridized carbons (Fsp3) is 0.615. The fourth-order valence-electron chi connectivity index (χ4n) is 1.83. The molecule has 3 N–H and O–H groups in total. The standard InChI is InChI=1S/C13H24N4O/c1-4-17-10-11(14)9-12(17)13(18)15-7-5-6-8-16(2)3/h9-10H,4-8,14H2,1-3H3,(H,15,18). The van der Waals surface area contributed by atoms with Crippen LogP contribution in [-0.2, 0) is 6.54 Å². The van der Waals surface area contributed by atoms with Crippen molar-refractivity contribution in [3.63, 3.8) is 0 Å². The minimum Gasteiger partial charge on any atom is -0.397 e. The number of aryl methyl sites for hydroxylation is 1. The van der Waals surface area contributed by atoms with Crippen LogP contribution < -0.4 is 11.1 Å². The van der Waals surface area contributed by atoms with Crippen LogP contribution in [0.25, 0.3) is 0 Å². The lowest BCUT2D eigenvalue weighted by molar-refractivity contribution is 0.0943. The molecule has 1 amide bonds. The molecule has 0 radical (unpaired) electrons. The van der Waals surface area contributed by atoms with Crippen LogP contribution in [0.15, 0.2) is 12.3 Å². The van der Waals surface area contributed by atoms with Gasteiger partial charge in [0, 0.05) is 19.3 Å². The first-order valence-corrected chi connectivity index (χ1v) is 6.43. The van der Waals surface area contributed by atoms with E-state index in [1.54, 1.807) is 12.3 Å². The maximum atomic E-state index is 11.9. The Kier molecular flexibility index (Phi) is 5.71. The Morgan fingerprint density at radius 3 is 2.78 bits per heavy atom. The Morgan fingerprint density at radius 2 is 2.17 bits per heavy atom. The minimum absolute atomic E-state index is 0.0431. The van der Waals surface area contributed by atoms with Gasteiger partial charge < -0.3 is 20.5 Å². The Balaban J connectivity index is 2.36. The zero-order chi connectivity index (χ0) is 13.5. The average Bonchev–Trinajstić information content (AvgIpc) is 2.69. The summed E-state index contributed by atoms with van der Waals surface area (Å²) in [5.74, 6) is -0.0431. The van der Waals surface area contributed by atoms with Crippen molar-refractivity contribution in [3.8, 4) is 0 Å². The molecule has 0 saturated heterocycles. The van der Waals surface area contributed by atoms with Gasteiger partial charge in [0.15, 0.2) is 0 Å². The molecule has 102 valence electrons. The predicted molar refractivity (Wildman–Crippen MR) is 74.6 cm³/mol. The van der Waals surface area contributed by atoms with Crippen LogP contribution in [0.2, 0.25) is 0 Å². The molecular formula is C13H24N4O. The summed E-state index contributed by atoms with van der Waals surface area (Å²) in [6.45, 7) is 4.50. The quantitative estimate of drug-likeness (QED) is 0.716. The summed E-state index contributed by atoms with van der Waals surface area (Å²) in [5, 5.41) is 2.93. The number of rotatable bonds is 7. The van der Waals surface area contributed by atoms with Crippen LogP contribution in [0.4, 0.5) is 5.69 Å². The first-order chi connectivity index (χ1) is 8.54. The van der Waals surface area contributed by atoms with Gasteiger partial charge in [0.1, 0.15) is 5.69 Å². The van der Waals surface area contributed by atoms with Crippen LogP contribution in [-0.4, -0.2) is 42.6 Å². The lowest BCUT2D eigenvalue weighted by Gasteiger charge is -2.10. The number of unbranched alkanes of at least 4 members (excludes halogenated alkanes) is 1. The number of hydrogen-bond donors (Lipinski definition) is 2. The molecule has 0 aliphatic carbocycles. The molecule has 0 unspecified atom stereocenters. The van der Waals surface area contributed by atoms with Gasteiger partial charge in [-0.2, -0.15) is 0 Å². The van der Waals surface area contributed by atoms with E-state index in [0.717, 1.165) is 25.9 Å². The SMILES string of the molecule is CCn1cc(N)cc1C(=O)NCCCCN(C)C. The average molecular weight is 252 g/mol. The molecule has 0 aliphatic rings. The summed E-state index contributed by atoms with van der Waals surface area (Å²) in [5.41, 5.74) is 6.97. The number of aromatic nitrogens is 1. The van der Waals surface area contributed by atoms with Crippen LogP contribution >= 0.6 is 0 Å². The van der Waals surface area contributed by atoms with Crippen molar-refractivity contribution in [2.24, 2.45) is 0 Å². The van der Waals surface area contributed by atoms with Gasteiger partial charge in [0.05, 0.1) is 5.69 Å². The molecule has 0 saturated carbocycles. The molecule has 0 atom stereocenters. The summed E-state index contributed by atoms with van der Waals surface area (Å²) in [6.07, 6.45) is 3.87. The summed E-state index contributed by atoms with van der Waals surface area (Å²) in [4.78, 5) is 14.1. The van der Waals surface area contributed by atoms with Crippen molar-refractivity contribution in [1.82, 2.24) is 14.8 Å². The smallest absolute Gasteiger partial charge is 0.267 e. The molecule has 0 aromatic carbocycles. The van der Waals surface area contributed by atoms with E-state index in [0.29, 0.717) is 17.9 Å². The number of anilines is 1. The number of carbonyl (C=O) groups is 1. The largest absolute Gasteiger partial charge is 0.397 e. The van der Waals surface area contributed by atoms with E-state index in [1.807, 2.05) is 11.5 Å². The molecule has 0 bridgehead atoms. The van der Waals surface area contributed by atoms with Gasteiger partial charge >= 0.3 is 0 Å². The number of nitrogens with two attached hydrogens (primary N) is 1. The zero-order valence-electron chi connectivity index (χ0n) is 11.6. The second-order valence-corrected chi connectivity index (χ2v) is 4.71. The van der Waals surface area contributed by atoms with E-state index < -0.39 is 0 Å². The van der Waals surface area contributed by atoms with Gasteiger partial charge in [-0.1, -0.05) is 0 Å².